The van der Waals surface area contributed by atoms with E-state index < -0.39 is 0 Å². The van der Waals surface area contributed by atoms with Crippen molar-refractivity contribution in [2.45, 2.75) is 13.5 Å². The highest BCUT2D eigenvalue weighted by Crippen LogP contribution is 2.12. The van der Waals surface area contributed by atoms with Crippen molar-refractivity contribution < 1.29 is 4.79 Å². The van der Waals surface area contributed by atoms with E-state index in [1.807, 2.05) is 37.3 Å². The largest absolute Gasteiger partial charge is 0.339 e. The smallest absolute Gasteiger partial charge is 0.263 e. The van der Waals surface area contributed by atoms with Crippen molar-refractivity contribution in [1.29, 1.82) is 5.26 Å². The van der Waals surface area contributed by atoms with Gasteiger partial charge in [-0.1, -0.05) is 30.3 Å². The standard InChI is InChI=1S/C17H16N8O/c1-12-14(8-15(9-18)24(12)2)10-19-20-16(26)11-25-22-17(21-23-25)13-6-4-3-5-7-13/h3-8,10H,11H2,1-2H3,(H,20,26)/b19-10+. The SMILES string of the molecule is Cc1c(/C=N/NC(=O)Cn2nnc(-c3ccccc3)n2)cc(C#N)n1C. The number of hydrazone groups is 1. The normalized spacial score (nSPS) is 10.8. The van der Waals surface area contributed by atoms with Gasteiger partial charge in [-0.2, -0.15) is 15.2 Å². The first-order chi connectivity index (χ1) is 12.6. The Morgan fingerprint density at radius 1 is 1.38 bits per heavy atom. The molecule has 9 nitrogen and oxygen atoms in total. The topological polar surface area (TPSA) is 114 Å². The molecule has 0 bridgehead atoms. The van der Waals surface area contributed by atoms with E-state index in [2.05, 4.69) is 32.0 Å². The van der Waals surface area contributed by atoms with Crippen molar-refractivity contribution in [1.82, 2.24) is 30.2 Å². The van der Waals surface area contributed by atoms with Crippen LogP contribution in [0.1, 0.15) is 17.0 Å². The minimum atomic E-state index is -0.382. The van der Waals surface area contributed by atoms with E-state index in [1.54, 1.807) is 17.7 Å². The molecule has 1 amide bonds. The number of benzene rings is 1. The predicted molar refractivity (Wildman–Crippen MR) is 93.9 cm³/mol. The molecule has 1 N–H and O–H groups in total. The minimum Gasteiger partial charge on any atom is -0.339 e. The number of rotatable bonds is 5. The zero-order chi connectivity index (χ0) is 18.5. The first kappa shape index (κ1) is 17.0. The fourth-order valence-corrected chi connectivity index (χ4v) is 2.31. The van der Waals surface area contributed by atoms with E-state index in [9.17, 15) is 4.79 Å². The molecule has 0 saturated carbocycles. The van der Waals surface area contributed by atoms with Crippen LogP contribution in [0.15, 0.2) is 41.5 Å². The average molecular weight is 348 g/mol. The second kappa shape index (κ2) is 7.40. The molecule has 3 rings (SSSR count). The number of aromatic nitrogens is 5. The third kappa shape index (κ3) is 3.64. The fourth-order valence-electron chi connectivity index (χ4n) is 2.31. The van der Waals surface area contributed by atoms with Gasteiger partial charge >= 0.3 is 0 Å². The minimum absolute atomic E-state index is 0.103. The highest BCUT2D eigenvalue weighted by molar-refractivity contribution is 5.84. The van der Waals surface area contributed by atoms with Gasteiger partial charge in [-0.05, 0) is 18.2 Å². The van der Waals surface area contributed by atoms with Gasteiger partial charge in [-0.15, -0.1) is 10.2 Å². The fraction of sp³-hybridized carbons (Fsp3) is 0.176. The number of nitriles is 1. The highest BCUT2D eigenvalue weighted by atomic mass is 16.2. The number of amides is 1. The molecule has 26 heavy (non-hydrogen) atoms. The van der Waals surface area contributed by atoms with Gasteiger partial charge in [0, 0.05) is 23.9 Å². The van der Waals surface area contributed by atoms with Crippen LogP contribution < -0.4 is 5.43 Å². The maximum absolute atomic E-state index is 12.0. The molecular weight excluding hydrogens is 332 g/mol. The first-order valence-corrected chi connectivity index (χ1v) is 7.80. The summed E-state index contributed by atoms with van der Waals surface area (Å²) in [7, 11) is 1.80. The molecule has 3 aromatic rings. The predicted octanol–water partition coefficient (Wildman–Crippen LogP) is 1.01. The number of nitrogens with one attached hydrogen (secondary N) is 1. The Morgan fingerprint density at radius 2 is 2.15 bits per heavy atom. The molecule has 0 saturated heterocycles. The number of hydrogen-bond donors (Lipinski definition) is 1. The van der Waals surface area contributed by atoms with Gasteiger partial charge in [0.25, 0.3) is 5.91 Å². The highest BCUT2D eigenvalue weighted by Gasteiger charge is 2.09. The van der Waals surface area contributed by atoms with Crippen LogP contribution in [0, 0.1) is 18.3 Å². The zero-order valence-electron chi connectivity index (χ0n) is 14.3. The quantitative estimate of drug-likeness (QED) is 0.546. The molecule has 0 unspecified atom stereocenters. The molecule has 130 valence electrons. The van der Waals surface area contributed by atoms with Gasteiger partial charge in [0.15, 0.2) is 0 Å². The number of nitrogens with zero attached hydrogens (tertiary/aromatic N) is 7. The number of tetrazole rings is 1. The average Bonchev–Trinajstić information content (AvgIpc) is 3.22. The zero-order valence-corrected chi connectivity index (χ0v) is 14.3. The lowest BCUT2D eigenvalue weighted by Crippen LogP contribution is -2.24. The summed E-state index contributed by atoms with van der Waals surface area (Å²) in [5, 5.41) is 24.9. The second-order valence-electron chi connectivity index (χ2n) is 5.54. The van der Waals surface area contributed by atoms with Crippen molar-refractivity contribution in [3.63, 3.8) is 0 Å². The van der Waals surface area contributed by atoms with E-state index in [0.29, 0.717) is 11.5 Å². The Morgan fingerprint density at radius 3 is 2.85 bits per heavy atom. The van der Waals surface area contributed by atoms with E-state index in [4.69, 9.17) is 5.26 Å². The van der Waals surface area contributed by atoms with Crippen LogP contribution in [0.5, 0.6) is 0 Å². The number of hydrogen-bond acceptors (Lipinski definition) is 6. The number of carbonyl (C=O) groups is 1. The summed E-state index contributed by atoms with van der Waals surface area (Å²) in [6.07, 6.45) is 1.50. The maximum Gasteiger partial charge on any atom is 0.263 e. The van der Waals surface area contributed by atoms with Crippen LogP contribution in [0.2, 0.25) is 0 Å². The van der Waals surface area contributed by atoms with Gasteiger partial charge in [-0.25, -0.2) is 5.43 Å². The maximum atomic E-state index is 12.0. The lowest BCUT2D eigenvalue weighted by molar-refractivity contribution is -0.122. The molecule has 0 aliphatic carbocycles. The Labute approximate surface area is 149 Å². The Bertz CT molecular complexity index is 994. The molecule has 0 aliphatic rings. The monoisotopic (exact) mass is 348 g/mol. The van der Waals surface area contributed by atoms with Gasteiger partial charge in [0.1, 0.15) is 18.3 Å². The molecule has 1 aromatic carbocycles. The second-order valence-corrected chi connectivity index (χ2v) is 5.54. The molecule has 0 radical (unpaired) electrons. The van der Waals surface area contributed by atoms with Gasteiger partial charge in [-0.3, -0.25) is 4.79 Å². The molecule has 0 spiro atoms. The van der Waals surface area contributed by atoms with Gasteiger partial charge < -0.3 is 4.57 Å². The van der Waals surface area contributed by atoms with Crippen molar-refractivity contribution in [3.05, 3.63) is 53.3 Å². The summed E-state index contributed by atoms with van der Waals surface area (Å²) < 4.78 is 1.76. The van der Waals surface area contributed by atoms with E-state index >= 15 is 0 Å². The van der Waals surface area contributed by atoms with E-state index in [0.717, 1.165) is 16.8 Å². The van der Waals surface area contributed by atoms with Crippen LogP contribution in [-0.2, 0) is 18.4 Å². The molecule has 2 heterocycles. The molecule has 0 fully saturated rings. The van der Waals surface area contributed by atoms with Crippen LogP contribution in [0.25, 0.3) is 11.4 Å². The molecular formula is C17H16N8O. The first-order valence-electron chi connectivity index (χ1n) is 7.80. The summed E-state index contributed by atoms with van der Waals surface area (Å²) in [5.41, 5.74) is 5.40. The summed E-state index contributed by atoms with van der Waals surface area (Å²) in [5.74, 6) is 0.0678. The summed E-state index contributed by atoms with van der Waals surface area (Å²) in [6.45, 7) is 1.77. The Balaban J connectivity index is 1.60. The van der Waals surface area contributed by atoms with Crippen LogP contribution >= 0.6 is 0 Å². The Kier molecular flexibility index (Phi) is 4.85. The lowest BCUT2D eigenvalue weighted by atomic mass is 10.2. The van der Waals surface area contributed by atoms with Gasteiger partial charge in [0.2, 0.25) is 5.82 Å². The molecule has 0 atom stereocenters. The van der Waals surface area contributed by atoms with E-state index in [1.165, 1.54) is 11.0 Å². The van der Waals surface area contributed by atoms with Gasteiger partial charge in [0.05, 0.1) is 6.21 Å². The van der Waals surface area contributed by atoms with Crippen molar-refractivity contribution in [2.75, 3.05) is 0 Å². The number of carbonyl (C=O) groups excluding carboxylic acids is 1. The third-order valence-electron chi connectivity index (χ3n) is 3.85. The van der Waals surface area contributed by atoms with Crippen LogP contribution in [-0.4, -0.2) is 36.9 Å². The van der Waals surface area contributed by atoms with Crippen molar-refractivity contribution in [3.8, 4) is 17.5 Å². The Hall–Kier alpha value is -3.80. The van der Waals surface area contributed by atoms with Crippen molar-refractivity contribution >= 4 is 12.1 Å². The summed E-state index contributed by atoms with van der Waals surface area (Å²) in [4.78, 5) is 13.2. The molecule has 2 aromatic heterocycles. The lowest BCUT2D eigenvalue weighted by Gasteiger charge is -1.99. The summed E-state index contributed by atoms with van der Waals surface area (Å²) >= 11 is 0. The third-order valence-corrected chi connectivity index (χ3v) is 3.85. The van der Waals surface area contributed by atoms with E-state index in [-0.39, 0.29) is 12.5 Å². The molecule has 9 heteroatoms. The van der Waals surface area contributed by atoms with Crippen LogP contribution in [0.3, 0.4) is 0 Å². The van der Waals surface area contributed by atoms with Crippen molar-refractivity contribution in [2.24, 2.45) is 12.1 Å². The van der Waals surface area contributed by atoms with Crippen LogP contribution in [0.4, 0.5) is 0 Å². The molecule has 0 aliphatic heterocycles. The summed E-state index contributed by atoms with van der Waals surface area (Å²) in [6, 6.07) is 13.2.